The lowest BCUT2D eigenvalue weighted by atomic mass is 10.0. The van der Waals surface area contributed by atoms with Crippen molar-refractivity contribution in [1.29, 1.82) is 0 Å². The van der Waals surface area contributed by atoms with Gasteiger partial charge in [-0.2, -0.15) is 0 Å². The maximum atomic E-state index is 13.8. The van der Waals surface area contributed by atoms with Crippen molar-refractivity contribution in [2.24, 2.45) is 5.41 Å². The van der Waals surface area contributed by atoms with E-state index in [4.69, 9.17) is 23.2 Å². The minimum atomic E-state index is -0.386. The zero-order valence-electron chi connectivity index (χ0n) is 12.1. The standard InChI is InChI=1S/C16H19Cl2FN2/c1-2-4-16(5-6-16)10-21-14-9-12(19)11(18)8-13(14)20-15(21)3-7-17/h8-9H,2-7,10H2,1H3. The van der Waals surface area contributed by atoms with Gasteiger partial charge < -0.3 is 4.57 Å². The molecule has 0 saturated heterocycles. The first-order valence-electron chi connectivity index (χ1n) is 7.49. The number of hydrogen-bond acceptors (Lipinski definition) is 1. The maximum Gasteiger partial charge on any atom is 0.144 e. The summed E-state index contributed by atoms with van der Waals surface area (Å²) in [4.78, 5) is 4.60. The minimum Gasteiger partial charge on any atom is -0.327 e. The van der Waals surface area contributed by atoms with E-state index in [9.17, 15) is 4.39 Å². The van der Waals surface area contributed by atoms with Gasteiger partial charge in [0.15, 0.2) is 0 Å². The lowest BCUT2D eigenvalue weighted by Crippen LogP contribution is -2.14. The quantitative estimate of drug-likeness (QED) is 0.667. The number of fused-ring (bicyclic) bond motifs is 1. The van der Waals surface area contributed by atoms with Gasteiger partial charge in [0.25, 0.3) is 0 Å². The summed E-state index contributed by atoms with van der Waals surface area (Å²) < 4.78 is 16.0. The number of rotatable bonds is 6. The van der Waals surface area contributed by atoms with Crippen LogP contribution < -0.4 is 0 Å². The highest BCUT2D eigenvalue weighted by atomic mass is 35.5. The van der Waals surface area contributed by atoms with E-state index in [1.807, 2.05) is 0 Å². The molecule has 1 aliphatic rings. The number of imidazole rings is 1. The minimum absolute atomic E-state index is 0.124. The molecular weight excluding hydrogens is 310 g/mol. The number of alkyl halides is 1. The number of halogens is 3. The Morgan fingerprint density at radius 1 is 1.38 bits per heavy atom. The monoisotopic (exact) mass is 328 g/mol. The molecule has 114 valence electrons. The third-order valence-corrected chi connectivity index (χ3v) is 4.90. The van der Waals surface area contributed by atoms with E-state index >= 15 is 0 Å². The van der Waals surface area contributed by atoms with Gasteiger partial charge in [-0.05, 0) is 30.7 Å². The SMILES string of the molecule is CCCC1(Cn2c(CCCl)nc3cc(Cl)c(F)cc32)CC1. The Kier molecular flexibility index (Phi) is 4.15. The van der Waals surface area contributed by atoms with Crippen LogP contribution in [-0.2, 0) is 13.0 Å². The molecule has 2 nitrogen and oxygen atoms in total. The topological polar surface area (TPSA) is 17.8 Å². The zero-order valence-corrected chi connectivity index (χ0v) is 13.6. The summed E-state index contributed by atoms with van der Waals surface area (Å²) in [6, 6.07) is 3.12. The first-order chi connectivity index (χ1) is 10.1. The highest BCUT2D eigenvalue weighted by Gasteiger charge is 2.42. The molecule has 1 aliphatic carbocycles. The van der Waals surface area contributed by atoms with Crippen molar-refractivity contribution in [2.45, 2.75) is 45.6 Å². The smallest absolute Gasteiger partial charge is 0.144 e. The molecule has 0 unspecified atom stereocenters. The van der Waals surface area contributed by atoms with Gasteiger partial charge >= 0.3 is 0 Å². The van der Waals surface area contributed by atoms with Gasteiger partial charge in [0, 0.05) is 24.9 Å². The van der Waals surface area contributed by atoms with Gasteiger partial charge in [-0.25, -0.2) is 9.37 Å². The second-order valence-electron chi connectivity index (χ2n) is 6.06. The second kappa shape index (κ2) is 5.77. The molecule has 1 aromatic heterocycles. The Balaban J connectivity index is 2.05. The summed E-state index contributed by atoms with van der Waals surface area (Å²) in [6.45, 7) is 3.12. The van der Waals surface area contributed by atoms with Gasteiger partial charge in [0.05, 0.1) is 16.1 Å². The molecule has 1 heterocycles. The highest BCUT2D eigenvalue weighted by Crippen LogP contribution is 2.51. The maximum absolute atomic E-state index is 13.8. The molecule has 5 heteroatoms. The van der Waals surface area contributed by atoms with Gasteiger partial charge in [0.1, 0.15) is 11.6 Å². The van der Waals surface area contributed by atoms with Crippen molar-refractivity contribution < 1.29 is 4.39 Å². The van der Waals surface area contributed by atoms with Crippen LogP contribution in [0.3, 0.4) is 0 Å². The molecule has 2 aromatic rings. The molecule has 1 saturated carbocycles. The van der Waals surface area contributed by atoms with Gasteiger partial charge in [-0.15, -0.1) is 11.6 Å². The van der Waals surface area contributed by atoms with Crippen molar-refractivity contribution >= 4 is 34.2 Å². The number of aryl methyl sites for hydroxylation is 1. The van der Waals surface area contributed by atoms with Crippen LogP contribution in [0, 0.1) is 11.2 Å². The molecule has 0 N–H and O–H groups in total. The second-order valence-corrected chi connectivity index (χ2v) is 6.84. The lowest BCUT2D eigenvalue weighted by molar-refractivity contribution is 0.387. The predicted molar refractivity (Wildman–Crippen MR) is 85.7 cm³/mol. The number of benzene rings is 1. The van der Waals surface area contributed by atoms with Gasteiger partial charge in [-0.1, -0.05) is 24.9 Å². The normalized spacial score (nSPS) is 16.6. The molecule has 0 radical (unpaired) electrons. The van der Waals surface area contributed by atoms with E-state index < -0.39 is 0 Å². The van der Waals surface area contributed by atoms with Gasteiger partial charge in [-0.3, -0.25) is 0 Å². The van der Waals surface area contributed by atoms with Crippen molar-refractivity contribution in [3.05, 3.63) is 28.8 Å². The fourth-order valence-electron chi connectivity index (χ4n) is 3.15. The van der Waals surface area contributed by atoms with E-state index in [1.165, 1.54) is 31.7 Å². The fraction of sp³-hybridized carbons (Fsp3) is 0.562. The largest absolute Gasteiger partial charge is 0.327 e. The van der Waals surface area contributed by atoms with Crippen LogP contribution in [0.25, 0.3) is 11.0 Å². The third-order valence-electron chi connectivity index (χ3n) is 4.42. The third kappa shape index (κ3) is 2.91. The number of aromatic nitrogens is 2. The number of nitrogens with zero attached hydrogens (tertiary/aromatic N) is 2. The Morgan fingerprint density at radius 2 is 2.14 bits per heavy atom. The number of hydrogen-bond donors (Lipinski definition) is 0. The van der Waals surface area contributed by atoms with Crippen LogP contribution in [0.15, 0.2) is 12.1 Å². The van der Waals surface area contributed by atoms with E-state index in [0.717, 1.165) is 23.4 Å². The average Bonchev–Trinajstić information content (AvgIpc) is 3.13. The van der Waals surface area contributed by atoms with E-state index in [-0.39, 0.29) is 10.8 Å². The summed E-state index contributed by atoms with van der Waals surface area (Å²) in [5, 5.41) is 0.124. The molecule has 0 bridgehead atoms. The Labute approximate surface area is 134 Å². The fourth-order valence-corrected chi connectivity index (χ4v) is 3.48. The highest BCUT2D eigenvalue weighted by molar-refractivity contribution is 6.31. The molecular formula is C16H19Cl2FN2. The lowest BCUT2D eigenvalue weighted by Gasteiger charge is -2.17. The van der Waals surface area contributed by atoms with Crippen LogP contribution in [0.5, 0.6) is 0 Å². The van der Waals surface area contributed by atoms with Crippen LogP contribution in [0.4, 0.5) is 4.39 Å². The van der Waals surface area contributed by atoms with Crippen molar-refractivity contribution in [3.63, 3.8) is 0 Å². The average molecular weight is 329 g/mol. The molecule has 1 aromatic carbocycles. The van der Waals surface area contributed by atoms with Crippen molar-refractivity contribution in [3.8, 4) is 0 Å². The summed E-state index contributed by atoms with van der Waals surface area (Å²) in [7, 11) is 0. The first-order valence-corrected chi connectivity index (χ1v) is 8.40. The summed E-state index contributed by atoms with van der Waals surface area (Å²) >= 11 is 11.8. The molecule has 3 rings (SSSR count). The van der Waals surface area contributed by atoms with Crippen LogP contribution in [0.2, 0.25) is 5.02 Å². The van der Waals surface area contributed by atoms with E-state index in [1.54, 1.807) is 6.07 Å². The summed E-state index contributed by atoms with van der Waals surface area (Å²) in [6.07, 6.45) is 5.58. The van der Waals surface area contributed by atoms with Gasteiger partial charge in [0.2, 0.25) is 0 Å². The molecule has 21 heavy (non-hydrogen) atoms. The molecule has 1 fully saturated rings. The van der Waals surface area contributed by atoms with Crippen LogP contribution >= 0.6 is 23.2 Å². The molecule has 0 spiro atoms. The Hall–Kier alpha value is -0.800. The summed E-state index contributed by atoms with van der Waals surface area (Å²) in [5.41, 5.74) is 1.97. The van der Waals surface area contributed by atoms with E-state index in [2.05, 4.69) is 16.5 Å². The molecule has 0 aliphatic heterocycles. The van der Waals surface area contributed by atoms with Crippen molar-refractivity contribution in [1.82, 2.24) is 9.55 Å². The Morgan fingerprint density at radius 3 is 2.76 bits per heavy atom. The predicted octanol–water partition coefficient (Wildman–Crippen LogP) is 5.19. The zero-order chi connectivity index (χ0) is 15.0. The Bertz CT molecular complexity index is 662. The van der Waals surface area contributed by atoms with Crippen molar-refractivity contribution in [2.75, 3.05) is 5.88 Å². The van der Waals surface area contributed by atoms with Crippen LogP contribution in [-0.4, -0.2) is 15.4 Å². The first kappa shape index (κ1) is 15.1. The van der Waals surface area contributed by atoms with E-state index in [0.29, 0.717) is 17.7 Å². The van der Waals surface area contributed by atoms with Crippen LogP contribution in [0.1, 0.15) is 38.4 Å². The summed E-state index contributed by atoms with van der Waals surface area (Å²) in [5.74, 6) is 1.06. The molecule has 0 amide bonds. The molecule has 0 atom stereocenters.